The first kappa shape index (κ1) is 6.28. The molecule has 0 spiro atoms. The summed E-state index contributed by atoms with van der Waals surface area (Å²) in [6, 6.07) is 0. The van der Waals surface area contributed by atoms with Crippen molar-refractivity contribution in [2.45, 2.75) is 4.21 Å². The van der Waals surface area contributed by atoms with Crippen LogP contribution in [0.5, 0.6) is 0 Å². The van der Waals surface area contributed by atoms with Crippen molar-refractivity contribution in [3.8, 4) is 0 Å². The smallest absolute Gasteiger partial charge is 0.159 e. The predicted molar refractivity (Wildman–Crippen MR) is 39.5 cm³/mol. The Morgan fingerprint density at radius 2 is 2.62 bits per heavy atom. The van der Waals surface area contributed by atoms with Crippen molar-refractivity contribution < 1.29 is 0 Å². The van der Waals surface area contributed by atoms with Crippen LogP contribution in [0.25, 0.3) is 0 Å². The van der Waals surface area contributed by atoms with E-state index in [9.17, 15) is 0 Å². The van der Waals surface area contributed by atoms with E-state index in [1.54, 1.807) is 6.20 Å². The molecule has 0 saturated carbocycles. The summed E-state index contributed by atoms with van der Waals surface area (Å²) >= 11 is 7.49. The first-order chi connectivity index (χ1) is 3.83. The van der Waals surface area contributed by atoms with E-state index in [4.69, 9.17) is 17.4 Å². The summed E-state index contributed by atoms with van der Waals surface area (Å²) in [6.07, 6.45) is 1.80. The van der Waals surface area contributed by atoms with Crippen LogP contribution in [0, 0.1) is 3.95 Å². The van der Waals surface area contributed by atoms with Crippen molar-refractivity contribution in [1.29, 1.82) is 0 Å². The number of aromatic nitrogens is 1. The highest BCUT2D eigenvalue weighted by Crippen LogP contribution is 2.16. The van der Waals surface area contributed by atoms with Gasteiger partial charge in [-0.15, -0.1) is 0 Å². The second kappa shape index (κ2) is 2.63. The fourth-order valence-electron chi connectivity index (χ4n) is 0.326. The van der Waals surface area contributed by atoms with Gasteiger partial charge in [-0.2, -0.15) is 0 Å². The van der Waals surface area contributed by atoms with Crippen LogP contribution in [-0.4, -0.2) is 4.98 Å². The average Bonchev–Trinajstić information content (AvgIpc) is 2.14. The first-order valence-corrected chi connectivity index (χ1v) is 3.98. The highest BCUT2D eigenvalue weighted by molar-refractivity contribution is 7.99. The Hall–Kier alpha value is 0.160. The molecule has 0 bridgehead atoms. The standard InChI is InChI=1S/C3H4N2S3/c4-8-2-1-5-3(6)7-2/h1H,4H2,(H,5,6). The van der Waals surface area contributed by atoms with Crippen molar-refractivity contribution in [3.63, 3.8) is 0 Å². The number of nitrogens with two attached hydrogens (primary N) is 1. The van der Waals surface area contributed by atoms with Gasteiger partial charge in [0.1, 0.15) is 0 Å². The van der Waals surface area contributed by atoms with Crippen LogP contribution in [0.1, 0.15) is 0 Å². The van der Waals surface area contributed by atoms with Crippen LogP contribution < -0.4 is 5.14 Å². The van der Waals surface area contributed by atoms with Crippen molar-refractivity contribution >= 4 is 35.5 Å². The number of hydrogen-bond donors (Lipinski definition) is 2. The second-order valence-corrected chi connectivity index (χ2v) is 3.77. The Labute approximate surface area is 60.2 Å². The lowest BCUT2D eigenvalue weighted by atomic mass is 11.0. The summed E-state index contributed by atoms with van der Waals surface area (Å²) in [4.78, 5) is 2.85. The molecular formula is C3H4N2S3. The number of H-pyrrole nitrogens is 1. The van der Waals surface area contributed by atoms with E-state index < -0.39 is 0 Å². The third-order valence-electron chi connectivity index (χ3n) is 0.617. The molecule has 0 aromatic carbocycles. The molecule has 0 aliphatic heterocycles. The maximum Gasteiger partial charge on any atom is 0.159 e. The van der Waals surface area contributed by atoms with E-state index in [-0.39, 0.29) is 0 Å². The minimum atomic E-state index is 0.776. The molecule has 5 heteroatoms. The molecule has 1 aromatic heterocycles. The molecule has 8 heavy (non-hydrogen) atoms. The van der Waals surface area contributed by atoms with Crippen molar-refractivity contribution in [2.24, 2.45) is 5.14 Å². The Morgan fingerprint density at radius 3 is 2.88 bits per heavy atom. The quantitative estimate of drug-likeness (QED) is 0.491. The third kappa shape index (κ3) is 1.32. The summed E-state index contributed by atoms with van der Waals surface area (Å²) in [5, 5.41) is 5.22. The molecule has 0 atom stereocenters. The molecule has 1 aromatic rings. The largest absolute Gasteiger partial charge is 0.343 e. The van der Waals surface area contributed by atoms with Gasteiger partial charge < -0.3 is 4.98 Å². The zero-order valence-electron chi connectivity index (χ0n) is 3.88. The Kier molecular flexibility index (Phi) is 2.07. The SMILES string of the molecule is NSc1c[nH]c(=S)s1. The second-order valence-electron chi connectivity index (χ2n) is 1.12. The minimum Gasteiger partial charge on any atom is -0.343 e. The Morgan fingerprint density at radius 1 is 1.88 bits per heavy atom. The summed E-state index contributed by atoms with van der Waals surface area (Å²) < 4.78 is 1.80. The van der Waals surface area contributed by atoms with Gasteiger partial charge in [0.2, 0.25) is 0 Å². The Bertz CT molecular complexity index is 212. The topological polar surface area (TPSA) is 41.8 Å². The molecule has 2 nitrogen and oxygen atoms in total. The maximum atomic E-state index is 5.22. The average molecular weight is 164 g/mol. The lowest BCUT2D eigenvalue weighted by molar-refractivity contribution is 1.36. The molecule has 0 amide bonds. The highest BCUT2D eigenvalue weighted by Gasteiger charge is 1.88. The minimum absolute atomic E-state index is 0.776. The summed E-state index contributed by atoms with van der Waals surface area (Å²) in [5.74, 6) is 0. The van der Waals surface area contributed by atoms with Gasteiger partial charge in [-0.1, -0.05) is 11.3 Å². The van der Waals surface area contributed by atoms with Crippen LogP contribution in [0.15, 0.2) is 10.4 Å². The van der Waals surface area contributed by atoms with E-state index in [2.05, 4.69) is 4.98 Å². The molecular weight excluding hydrogens is 160 g/mol. The maximum absolute atomic E-state index is 5.22. The molecule has 0 aliphatic rings. The van der Waals surface area contributed by atoms with Crippen molar-refractivity contribution in [1.82, 2.24) is 4.98 Å². The third-order valence-corrected chi connectivity index (χ3v) is 2.50. The molecule has 0 unspecified atom stereocenters. The van der Waals surface area contributed by atoms with Gasteiger partial charge in [0.05, 0.1) is 4.21 Å². The zero-order valence-corrected chi connectivity index (χ0v) is 6.33. The molecule has 0 fully saturated rings. The molecule has 0 aliphatic carbocycles. The number of aromatic amines is 1. The lowest BCUT2D eigenvalue weighted by Gasteiger charge is -1.77. The van der Waals surface area contributed by atoms with E-state index in [0.717, 1.165) is 8.16 Å². The van der Waals surface area contributed by atoms with E-state index in [1.807, 2.05) is 0 Å². The van der Waals surface area contributed by atoms with Crippen LogP contribution in [0.2, 0.25) is 0 Å². The van der Waals surface area contributed by atoms with Gasteiger partial charge in [0.25, 0.3) is 0 Å². The fraction of sp³-hybridized carbons (Fsp3) is 0. The summed E-state index contributed by atoms with van der Waals surface area (Å²) in [7, 11) is 0. The lowest BCUT2D eigenvalue weighted by Crippen LogP contribution is -1.70. The van der Waals surface area contributed by atoms with Crippen LogP contribution in [-0.2, 0) is 0 Å². The van der Waals surface area contributed by atoms with E-state index >= 15 is 0 Å². The Balaban J connectivity index is 3.01. The summed E-state index contributed by atoms with van der Waals surface area (Å²) in [5.41, 5.74) is 0. The van der Waals surface area contributed by atoms with Crippen molar-refractivity contribution in [3.05, 3.63) is 10.2 Å². The fourth-order valence-corrected chi connectivity index (χ4v) is 1.80. The molecule has 1 rings (SSSR count). The molecule has 1 heterocycles. The van der Waals surface area contributed by atoms with Gasteiger partial charge in [0.15, 0.2) is 3.95 Å². The number of nitrogens with one attached hydrogen (secondary N) is 1. The van der Waals surface area contributed by atoms with Gasteiger partial charge in [-0.25, -0.2) is 0 Å². The summed E-state index contributed by atoms with van der Waals surface area (Å²) in [6.45, 7) is 0. The van der Waals surface area contributed by atoms with E-state index in [0.29, 0.717) is 0 Å². The number of hydrogen-bond acceptors (Lipinski definition) is 4. The highest BCUT2D eigenvalue weighted by atomic mass is 32.2. The van der Waals surface area contributed by atoms with Crippen LogP contribution in [0.4, 0.5) is 0 Å². The monoisotopic (exact) mass is 164 g/mol. The van der Waals surface area contributed by atoms with Gasteiger partial charge in [-0.05, 0) is 24.2 Å². The van der Waals surface area contributed by atoms with Crippen molar-refractivity contribution in [2.75, 3.05) is 0 Å². The first-order valence-electron chi connectivity index (χ1n) is 1.88. The zero-order chi connectivity index (χ0) is 5.98. The molecule has 44 valence electrons. The van der Waals surface area contributed by atoms with E-state index in [1.165, 1.54) is 23.3 Å². The van der Waals surface area contributed by atoms with Gasteiger partial charge in [-0.3, -0.25) is 5.14 Å². The van der Waals surface area contributed by atoms with Gasteiger partial charge in [0, 0.05) is 6.20 Å². The normalized spacial score (nSPS) is 9.62. The van der Waals surface area contributed by atoms with Crippen LogP contribution in [0.3, 0.4) is 0 Å². The number of rotatable bonds is 1. The number of thiazole rings is 1. The molecule has 0 radical (unpaired) electrons. The molecule has 0 saturated heterocycles. The molecule has 3 N–H and O–H groups in total. The predicted octanol–water partition coefficient (Wildman–Crippen LogP) is 1.77. The van der Waals surface area contributed by atoms with Crippen LogP contribution >= 0.6 is 35.5 Å². The van der Waals surface area contributed by atoms with Gasteiger partial charge >= 0.3 is 0 Å².